The highest BCUT2D eigenvalue weighted by atomic mass is 16.7. The van der Waals surface area contributed by atoms with Gasteiger partial charge in [-0.2, -0.15) is 0 Å². The van der Waals surface area contributed by atoms with Crippen LogP contribution in [-0.4, -0.2) is 139 Å². The quantitative estimate of drug-likeness (QED) is 0.0497. The predicted molar refractivity (Wildman–Crippen MR) is 270 cm³/mol. The minimum atomic E-state index is -1.45. The molecule has 19 nitrogen and oxygen atoms in total. The van der Waals surface area contributed by atoms with E-state index in [0.717, 1.165) is 11.1 Å². The van der Waals surface area contributed by atoms with Crippen LogP contribution in [-0.2, 0) is 60.5 Å². The molecule has 0 aliphatic carbocycles. The van der Waals surface area contributed by atoms with Crippen molar-refractivity contribution in [1.82, 2.24) is 36.8 Å². The van der Waals surface area contributed by atoms with Crippen LogP contribution in [0.3, 0.4) is 0 Å². The van der Waals surface area contributed by atoms with Crippen LogP contribution in [0.25, 0.3) is 0 Å². The average Bonchev–Trinajstić information content (AvgIpc) is 3.65. The number of alkyl carbamates (subject to hydrolysis) is 2. The number of likely N-dealkylation sites (tertiary alicyclic amines) is 1. The van der Waals surface area contributed by atoms with Crippen LogP contribution in [0.1, 0.15) is 119 Å². The van der Waals surface area contributed by atoms with Crippen LogP contribution < -0.4 is 31.9 Å². The molecule has 0 aromatic heterocycles. The second kappa shape index (κ2) is 26.8. The molecule has 2 aromatic rings. The molecule has 6 N–H and O–H groups in total. The Hall–Kier alpha value is -5.79. The van der Waals surface area contributed by atoms with Crippen molar-refractivity contribution >= 4 is 41.8 Å². The molecule has 2 aliphatic heterocycles. The number of benzene rings is 2. The molecule has 0 saturated carbocycles. The molecule has 0 bridgehead atoms. The Morgan fingerprint density at radius 2 is 1.19 bits per heavy atom. The zero-order valence-corrected chi connectivity index (χ0v) is 44.3. The molecule has 72 heavy (non-hydrogen) atoms. The first kappa shape index (κ1) is 58.8. The minimum absolute atomic E-state index is 0.0268. The Morgan fingerprint density at radius 1 is 0.694 bits per heavy atom. The van der Waals surface area contributed by atoms with Crippen molar-refractivity contribution in [2.45, 2.75) is 173 Å². The smallest absolute Gasteiger partial charge is 0.408 e. The molecule has 2 fully saturated rings. The normalized spacial score (nSPS) is 18.1. The van der Waals surface area contributed by atoms with Crippen LogP contribution in [0.5, 0.6) is 0 Å². The zero-order valence-electron chi connectivity index (χ0n) is 44.3. The van der Waals surface area contributed by atoms with E-state index in [1.165, 1.54) is 7.11 Å². The van der Waals surface area contributed by atoms with Crippen LogP contribution in [0, 0.1) is 5.92 Å². The van der Waals surface area contributed by atoms with Gasteiger partial charge < -0.3 is 60.5 Å². The van der Waals surface area contributed by atoms with Crippen molar-refractivity contribution in [2.24, 2.45) is 5.92 Å². The van der Waals surface area contributed by atoms with Gasteiger partial charge in [-0.05, 0) is 118 Å². The van der Waals surface area contributed by atoms with E-state index in [2.05, 4.69) is 31.9 Å². The van der Waals surface area contributed by atoms with E-state index < -0.39 is 88.5 Å². The van der Waals surface area contributed by atoms with Crippen molar-refractivity contribution in [1.29, 1.82) is 0 Å². The number of carbonyl (C=O) groups is 7. The molecule has 2 aromatic carbocycles. The summed E-state index contributed by atoms with van der Waals surface area (Å²) in [7, 11) is 1.23. The van der Waals surface area contributed by atoms with E-state index in [1.54, 1.807) is 46.4 Å². The summed E-state index contributed by atoms with van der Waals surface area (Å²) < 4.78 is 27.6. The van der Waals surface area contributed by atoms with E-state index in [9.17, 15) is 33.6 Å². The number of hydrogen-bond donors (Lipinski definition) is 6. The highest BCUT2D eigenvalue weighted by Gasteiger charge is 2.46. The first-order valence-corrected chi connectivity index (χ1v) is 25.2. The first-order chi connectivity index (χ1) is 33.8. The lowest BCUT2D eigenvalue weighted by Crippen LogP contribution is -2.63. The lowest BCUT2D eigenvalue weighted by atomic mass is 9.87. The summed E-state index contributed by atoms with van der Waals surface area (Å²) in [4.78, 5) is 98.6. The summed E-state index contributed by atoms with van der Waals surface area (Å²) in [5.41, 5.74) is -1.63. The van der Waals surface area contributed by atoms with Gasteiger partial charge >= 0.3 is 18.2 Å². The highest BCUT2D eigenvalue weighted by Crippen LogP contribution is 2.27. The van der Waals surface area contributed by atoms with Crippen molar-refractivity contribution < 1.29 is 57.2 Å². The van der Waals surface area contributed by atoms with Gasteiger partial charge in [-0.15, -0.1) is 0 Å². The number of piperidine rings is 1. The molecular weight excluding hydrogens is 927 g/mol. The van der Waals surface area contributed by atoms with E-state index in [4.69, 9.17) is 23.7 Å². The number of esters is 1. The SMILES string of the molecule is COC(=O)C1(NC(=O)OC(C)(C)C)CCN(C(=O)[C@@H](CCCCNC[C@@H]2COC(C)(C)O2)NC(=O)[C@@H](CC(C)C)NC(=O)[C@@H](Cc2ccccc2)NC(=O)[C@@H](Cc2ccccc2)NC(=O)OC(C)(C)C)CC1. The number of amides is 6. The third kappa shape index (κ3) is 20.0. The Labute approximate surface area is 425 Å². The van der Waals surface area contributed by atoms with Gasteiger partial charge in [-0.25, -0.2) is 14.4 Å². The summed E-state index contributed by atoms with van der Waals surface area (Å²) >= 11 is 0. The minimum Gasteiger partial charge on any atom is -0.467 e. The van der Waals surface area contributed by atoms with E-state index in [-0.39, 0.29) is 63.6 Å². The van der Waals surface area contributed by atoms with Crippen LogP contribution >= 0.6 is 0 Å². The van der Waals surface area contributed by atoms with Gasteiger partial charge in [-0.3, -0.25) is 19.2 Å². The topological polar surface area (TPSA) is 241 Å². The molecule has 2 saturated heterocycles. The molecule has 6 amide bonds. The molecule has 2 heterocycles. The summed E-state index contributed by atoms with van der Waals surface area (Å²) in [6.45, 7) is 19.5. The molecular formula is C53H81N7O12. The number of hydrogen-bond acceptors (Lipinski definition) is 13. The number of rotatable bonds is 23. The summed E-state index contributed by atoms with van der Waals surface area (Å²) in [6.07, 6.45) is 0.125. The molecule has 400 valence electrons. The Bertz CT molecular complexity index is 2100. The number of nitrogens with one attached hydrogen (secondary N) is 6. The lowest BCUT2D eigenvalue weighted by molar-refractivity contribution is -0.153. The zero-order chi connectivity index (χ0) is 53.3. The molecule has 0 unspecified atom stereocenters. The van der Waals surface area contributed by atoms with Crippen LogP contribution in [0.4, 0.5) is 9.59 Å². The molecule has 2 aliphatic rings. The van der Waals surface area contributed by atoms with Gasteiger partial charge in [0.15, 0.2) is 5.79 Å². The predicted octanol–water partition coefficient (Wildman–Crippen LogP) is 4.84. The third-order valence-electron chi connectivity index (χ3n) is 11.9. The Balaban J connectivity index is 1.56. The van der Waals surface area contributed by atoms with Crippen molar-refractivity contribution in [3.05, 3.63) is 71.8 Å². The summed E-state index contributed by atoms with van der Waals surface area (Å²) in [5.74, 6) is -3.69. The number of methoxy groups -OCH3 is 1. The third-order valence-corrected chi connectivity index (χ3v) is 11.9. The Kier molecular flexibility index (Phi) is 21.9. The van der Waals surface area contributed by atoms with Crippen LogP contribution in [0.15, 0.2) is 60.7 Å². The number of carbonyl (C=O) groups excluding carboxylic acids is 7. The first-order valence-electron chi connectivity index (χ1n) is 25.2. The fourth-order valence-corrected chi connectivity index (χ4v) is 8.47. The second-order valence-corrected chi connectivity index (χ2v) is 21.6. The van der Waals surface area contributed by atoms with Crippen molar-refractivity contribution in [3.63, 3.8) is 0 Å². The maximum absolute atomic E-state index is 14.6. The molecule has 4 rings (SSSR count). The molecule has 0 spiro atoms. The van der Waals surface area contributed by atoms with Gasteiger partial charge in [0.05, 0.1) is 19.8 Å². The fraction of sp³-hybridized carbons (Fsp3) is 0.642. The number of ether oxygens (including phenoxy) is 5. The summed E-state index contributed by atoms with van der Waals surface area (Å²) in [5, 5.41) is 17.5. The van der Waals surface area contributed by atoms with Gasteiger partial charge in [0.25, 0.3) is 0 Å². The molecule has 0 radical (unpaired) electrons. The van der Waals surface area contributed by atoms with E-state index in [1.807, 2.05) is 88.4 Å². The maximum atomic E-state index is 14.6. The van der Waals surface area contributed by atoms with Gasteiger partial charge in [-0.1, -0.05) is 74.5 Å². The van der Waals surface area contributed by atoms with Gasteiger partial charge in [0.2, 0.25) is 23.6 Å². The van der Waals surface area contributed by atoms with Gasteiger partial charge in [0.1, 0.15) is 40.9 Å². The fourth-order valence-electron chi connectivity index (χ4n) is 8.47. The molecule has 19 heteroatoms. The standard InChI is InChI=1S/C53H81N7O12/c1-35(2)30-40(56-44(62)41(31-36-20-14-12-15-21-36)57-45(63)42(32-37-22-16-13-17-23-37)58-48(66)71-50(3,4)5)43(61)55-39(24-18-19-27-54-33-38-34-69-52(9,10)70-38)46(64)60-28-25-53(26-29-60,47(65)68-11)59-49(67)72-51(6,7)8/h12-17,20-23,35,38-42,54H,18-19,24-34H2,1-11H3,(H,55,61)(H,56,62)(H,57,63)(H,58,66)(H,59,67)/t38-,39-,40-,41-,42-/m1/s1. The Morgan fingerprint density at radius 3 is 1.69 bits per heavy atom. The van der Waals surface area contributed by atoms with Crippen molar-refractivity contribution in [3.8, 4) is 0 Å². The summed E-state index contributed by atoms with van der Waals surface area (Å²) in [6, 6.07) is 13.7. The second-order valence-electron chi connectivity index (χ2n) is 21.6. The largest absolute Gasteiger partial charge is 0.467 e. The van der Waals surface area contributed by atoms with E-state index >= 15 is 0 Å². The van der Waals surface area contributed by atoms with Gasteiger partial charge in [0, 0.05) is 32.5 Å². The number of nitrogens with zero attached hydrogens (tertiary/aromatic N) is 1. The van der Waals surface area contributed by atoms with Crippen molar-refractivity contribution in [2.75, 3.05) is 39.9 Å². The number of unbranched alkanes of at least 4 members (excludes halogenated alkanes) is 1. The maximum Gasteiger partial charge on any atom is 0.408 e. The average molecular weight is 1010 g/mol. The van der Waals surface area contributed by atoms with Crippen LogP contribution in [0.2, 0.25) is 0 Å². The molecule has 5 atom stereocenters. The monoisotopic (exact) mass is 1010 g/mol. The highest BCUT2D eigenvalue weighted by molar-refractivity contribution is 5.96. The lowest BCUT2D eigenvalue weighted by Gasteiger charge is -2.41. The van der Waals surface area contributed by atoms with E-state index in [0.29, 0.717) is 32.5 Å².